The number of rotatable bonds is 1. The molecular weight excluding hydrogens is 353 g/mol. The van der Waals surface area contributed by atoms with E-state index >= 15 is 0 Å². The van der Waals surface area contributed by atoms with Crippen LogP contribution in [0.15, 0.2) is 23.6 Å². The van der Waals surface area contributed by atoms with Crippen LogP contribution in [-0.2, 0) is 10.1 Å². The third-order valence-corrected chi connectivity index (χ3v) is 3.27. The van der Waals surface area contributed by atoms with Crippen molar-refractivity contribution in [3.05, 3.63) is 29.2 Å². The van der Waals surface area contributed by atoms with E-state index in [0.29, 0.717) is 10.2 Å². The van der Waals surface area contributed by atoms with Crippen LogP contribution in [0.5, 0.6) is 5.75 Å². The predicted molar refractivity (Wildman–Crippen MR) is 64.6 cm³/mol. The Labute approximate surface area is 119 Å². The number of benzene rings is 1. The minimum absolute atomic E-state index is 0. The van der Waals surface area contributed by atoms with E-state index in [-0.39, 0.29) is 24.0 Å². The molecule has 4 nitrogen and oxygen atoms in total. The molecule has 1 aromatic rings. The Kier molecular flexibility index (Phi) is 3.90. The summed E-state index contributed by atoms with van der Waals surface area (Å²) >= 11 is 0. The van der Waals surface area contributed by atoms with Crippen molar-refractivity contribution in [2.24, 2.45) is 0 Å². The van der Waals surface area contributed by atoms with Crippen molar-refractivity contribution in [3.63, 3.8) is 0 Å². The predicted octanol–water partition coefficient (Wildman–Crippen LogP) is -1.42. The molecule has 6 heteroatoms. The quantitative estimate of drug-likeness (QED) is 0.348. The normalized spacial score (nSPS) is 16.6. The van der Waals surface area contributed by atoms with Crippen LogP contribution >= 0.6 is 0 Å². The van der Waals surface area contributed by atoms with Gasteiger partial charge in [-0.25, -0.2) is 0 Å². The van der Waals surface area contributed by atoms with Crippen molar-refractivity contribution in [1.82, 2.24) is 4.48 Å². The van der Waals surface area contributed by atoms with Gasteiger partial charge in [-0.05, 0) is 12.1 Å². The number of hydrogen-bond donors (Lipinski definition) is 0. The summed E-state index contributed by atoms with van der Waals surface area (Å²) in [7, 11) is 2.61. The summed E-state index contributed by atoms with van der Waals surface area (Å²) in [5, 5.41) is 1.08. The van der Waals surface area contributed by atoms with Gasteiger partial charge in [-0.1, -0.05) is 0 Å². The largest absolute Gasteiger partial charge is 1.00 e. The van der Waals surface area contributed by atoms with E-state index in [2.05, 4.69) is 0 Å². The summed E-state index contributed by atoms with van der Waals surface area (Å²) in [6, 6.07) is 5.49. The maximum atomic E-state index is 11.2. The second-order valence-electron chi connectivity index (χ2n) is 4.61. The maximum Gasteiger partial charge on any atom is 0.332 e. The van der Waals surface area contributed by atoms with Crippen LogP contribution in [-0.4, -0.2) is 29.6 Å². The van der Waals surface area contributed by atoms with Gasteiger partial charge in [-0.2, -0.15) is 8.42 Å². The Balaban J connectivity index is 0.00000144. The Bertz CT molecular complexity index is 559. The van der Waals surface area contributed by atoms with Crippen LogP contribution < -0.4 is 32.6 Å². The fraction of sp³-hybridized carbons (Fsp3) is 0.273. The topological polar surface area (TPSA) is 43.4 Å². The van der Waals surface area contributed by atoms with E-state index in [1.165, 1.54) is 0 Å². The lowest BCUT2D eigenvalue weighted by Gasteiger charge is -2.24. The standard InChI is InChI=1S/C11H14NO3S.HI/c1-12(2,3)10-4-5-11-9(8-10)6-7-16(13,14)15-11;/h4-8H,1-3H3;1H/q+1;/p-1. The number of hydrogen-bond acceptors (Lipinski definition) is 3. The summed E-state index contributed by atoms with van der Waals surface area (Å²) < 4.78 is 27.9. The molecule has 0 spiro atoms. The molecule has 1 heterocycles. The van der Waals surface area contributed by atoms with Crippen molar-refractivity contribution in [3.8, 4) is 5.75 Å². The SMILES string of the molecule is C[N+](C)(C)c1ccc2c(c1)C=CS(=O)(=O)O2.[I-]. The number of fused-ring (bicyclic) bond motifs is 1. The molecule has 17 heavy (non-hydrogen) atoms. The van der Waals surface area contributed by atoms with Gasteiger partial charge >= 0.3 is 10.1 Å². The molecule has 0 amide bonds. The molecule has 0 bridgehead atoms. The number of halogens is 1. The molecule has 0 fully saturated rings. The van der Waals surface area contributed by atoms with Crippen molar-refractivity contribution in [2.45, 2.75) is 0 Å². The molecule has 1 aromatic carbocycles. The van der Waals surface area contributed by atoms with E-state index in [9.17, 15) is 8.42 Å². The van der Waals surface area contributed by atoms with Gasteiger partial charge in [0.2, 0.25) is 0 Å². The molecule has 0 unspecified atom stereocenters. The van der Waals surface area contributed by atoms with Gasteiger partial charge in [0.1, 0.15) is 5.69 Å². The molecule has 1 aliphatic heterocycles. The lowest BCUT2D eigenvalue weighted by Crippen LogP contribution is -3.00. The van der Waals surface area contributed by atoms with Crippen LogP contribution in [0, 0.1) is 0 Å². The van der Waals surface area contributed by atoms with Gasteiger partial charge in [0.15, 0.2) is 5.75 Å². The van der Waals surface area contributed by atoms with Crippen molar-refractivity contribution in [2.75, 3.05) is 21.1 Å². The van der Waals surface area contributed by atoms with E-state index < -0.39 is 10.1 Å². The highest BCUT2D eigenvalue weighted by Gasteiger charge is 2.20. The summed E-state index contributed by atoms with van der Waals surface area (Å²) in [4.78, 5) is 0. The first-order chi connectivity index (χ1) is 7.28. The zero-order valence-electron chi connectivity index (χ0n) is 9.84. The average molecular weight is 367 g/mol. The average Bonchev–Trinajstić information content (AvgIpc) is 2.14. The second-order valence-corrected chi connectivity index (χ2v) is 6.04. The molecular formula is C11H14INO3S. The van der Waals surface area contributed by atoms with Crippen LogP contribution in [0.2, 0.25) is 0 Å². The maximum absolute atomic E-state index is 11.2. The molecule has 0 aliphatic carbocycles. The minimum atomic E-state index is -3.53. The summed E-state index contributed by atoms with van der Waals surface area (Å²) in [5.41, 5.74) is 1.88. The van der Waals surface area contributed by atoms with Gasteiger partial charge in [-0.15, -0.1) is 0 Å². The molecule has 1 aliphatic rings. The molecule has 0 N–H and O–H groups in total. The first-order valence-electron chi connectivity index (χ1n) is 4.87. The van der Waals surface area contributed by atoms with Gasteiger partial charge in [-0.3, -0.25) is 4.48 Å². The Morgan fingerprint density at radius 2 is 1.82 bits per heavy atom. The smallest absolute Gasteiger partial charge is 0.332 e. The summed E-state index contributed by atoms with van der Waals surface area (Å²) in [5.74, 6) is 0.389. The molecule has 0 saturated carbocycles. The van der Waals surface area contributed by atoms with E-state index in [0.717, 1.165) is 16.7 Å². The van der Waals surface area contributed by atoms with Crippen LogP contribution in [0.25, 0.3) is 6.08 Å². The van der Waals surface area contributed by atoms with E-state index in [4.69, 9.17) is 4.18 Å². The van der Waals surface area contributed by atoms with Crippen LogP contribution in [0.1, 0.15) is 5.56 Å². The van der Waals surface area contributed by atoms with Crippen molar-refractivity contribution >= 4 is 21.9 Å². The van der Waals surface area contributed by atoms with Gasteiger partial charge in [0.25, 0.3) is 0 Å². The highest BCUT2D eigenvalue weighted by atomic mass is 127. The molecule has 0 aromatic heterocycles. The molecule has 0 saturated heterocycles. The highest BCUT2D eigenvalue weighted by Crippen LogP contribution is 2.31. The Morgan fingerprint density at radius 3 is 2.41 bits per heavy atom. The summed E-state index contributed by atoms with van der Waals surface area (Å²) in [6.07, 6.45) is 1.56. The summed E-state index contributed by atoms with van der Waals surface area (Å²) in [6.45, 7) is 0. The third kappa shape index (κ3) is 3.20. The zero-order chi connectivity index (χ0) is 12.0. The van der Waals surface area contributed by atoms with Crippen LogP contribution in [0.4, 0.5) is 5.69 Å². The van der Waals surface area contributed by atoms with Gasteiger partial charge < -0.3 is 28.2 Å². The van der Waals surface area contributed by atoms with Crippen LogP contribution in [0.3, 0.4) is 0 Å². The number of nitrogens with zero attached hydrogens (tertiary/aromatic N) is 1. The molecule has 2 rings (SSSR count). The van der Waals surface area contributed by atoms with Gasteiger partial charge in [0.05, 0.1) is 26.6 Å². The fourth-order valence-electron chi connectivity index (χ4n) is 1.47. The van der Waals surface area contributed by atoms with Gasteiger partial charge in [0, 0.05) is 17.7 Å². The minimum Gasteiger partial charge on any atom is -1.00 e. The monoisotopic (exact) mass is 367 g/mol. The second kappa shape index (κ2) is 4.58. The molecule has 94 valence electrons. The lowest BCUT2D eigenvalue weighted by molar-refractivity contribution is -0.00000684. The highest BCUT2D eigenvalue weighted by molar-refractivity contribution is 7.90. The fourth-order valence-corrected chi connectivity index (χ4v) is 2.24. The van der Waals surface area contributed by atoms with E-state index in [1.807, 2.05) is 33.3 Å². The first kappa shape index (κ1) is 14.5. The molecule has 0 atom stereocenters. The lowest BCUT2D eigenvalue weighted by atomic mass is 10.1. The van der Waals surface area contributed by atoms with Crippen molar-refractivity contribution < 1.29 is 36.6 Å². The molecule has 0 radical (unpaired) electrons. The van der Waals surface area contributed by atoms with E-state index in [1.54, 1.807) is 12.1 Å². The first-order valence-corrected chi connectivity index (χ1v) is 6.34. The zero-order valence-corrected chi connectivity index (χ0v) is 12.8. The Hall–Kier alpha value is -0.600. The third-order valence-electron chi connectivity index (χ3n) is 2.39. The number of quaternary nitrogens is 1. The van der Waals surface area contributed by atoms with Crippen molar-refractivity contribution in [1.29, 1.82) is 0 Å². The Morgan fingerprint density at radius 1 is 1.18 bits per heavy atom.